The summed E-state index contributed by atoms with van der Waals surface area (Å²) in [5.41, 5.74) is 7.62. The minimum absolute atomic E-state index is 0.108. The Morgan fingerprint density at radius 3 is 2.26 bits per heavy atom. The van der Waals surface area contributed by atoms with Crippen molar-refractivity contribution in [3.05, 3.63) is 102 Å². The van der Waals surface area contributed by atoms with Gasteiger partial charge < -0.3 is 20.2 Å². The molecule has 1 heterocycles. The molecule has 3 N–H and O–H groups in total. The Bertz CT molecular complexity index is 1190. The van der Waals surface area contributed by atoms with Crippen molar-refractivity contribution in [3.63, 3.8) is 0 Å². The molecule has 6 heteroatoms. The summed E-state index contributed by atoms with van der Waals surface area (Å²) in [6.07, 6.45) is 0.290. The maximum atomic E-state index is 13.1. The second-order valence-electron chi connectivity index (χ2n) is 7.13. The number of rotatable bonds is 8. The Labute approximate surface area is 179 Å². The van der Waals surface area contributed by atoms with Gasteiger partial charge in [-0.1, -0.05) is 66.7 Å². The number of nitrogens with one attached hydrogen (secondary N) is 1. The monoisotopic (exact) mass is 414 g/mol. The molecule has 1 aromatic heterocycles. The fraction of sp³-hybridized carbons (Fsp3) is 0.120. The summed E-state index contributed by atoms with van der Waals surface area (Å²) >= 11 is 0. The molecule has 1 unspecified atom stereocenters. The van der Waals surface area contributed by atoms with E-state index in [0.29, 0.717) is 16.9 Å². The fourth-order valence-corrected chi connectivity index (χ4v) is 3.39. The van der Waals surface area contributed by atoms with E-state index >= 15 is 0 Å². The minimum atomic E-state index is -0.869. The van der Waals surface area contributed by atoms with Crippen LogP contribution in [-0.4, -0.2) is 17.9 Å². The summed E-state index contributed by atoms with van der Waals surface area (Å²) in [6, 6.07) is 25.2. The van der Waals surface area contributed by atoms with Crippen LogP contribution in [0.4, 0.5) is 0 Å². The van der Waals surface area contributed by atoms with Crippen LogP contribution >= 0.6 is 0 Å². The molecular formula is C25H22N2O4. The lowest BCUT2D eigenvalue weighted by molar-refractivity contribution is -0.119. The molecular weight excluding hydrogens is 392 g/mol. The molecule has 0 aliphatic heterocycles. The van der Waals surface area contributed by atoms with Crippen molar-refractivity contribution in [3.8, 4) is 5.75 Å². The van der Waals surface area contributed by atoms with E-state index in [2.05, 4.69) is 5.32 Å². The van der Waals surface area contributed by atoms with Gasteiger partial charge in [0.05, 0.1) is 0 Å². The van der Waals surface area contributed by atoms with E-state index in [0.717, 1.165) is 10.9 Å². The summed E-state index contributed by atoms with van der Waals surface area (Å²) in [7, 11) is 0. The van der Waals surface area contributed by atoms with Crippen LogP contribution in [0.5, 0.6) is 5.75 Å². The van der Waals surface area contributed by atoms with Crippen molar-refractivity contribution < 1.29 is 18.7 Å². The fourth-order valence-electron chi connectivity index (χ4n) is 3.39. The average molecular weight is 414 g/mol. The third-order valence-corrected chi connectivity index (χ3v) is 4.96. The van der Waals surface area contributed by atoms with Crippen LogP contribution < -0.4 is 15.8 Å². The highest BCUT2D eigenvalue weighted by molar-refractivity contribution is 6.01. The topological polar surface area (TPSA) is 94.6 Å². The molecule has 4 aromatic rings. The molecule has 3 aromatic carbocycles. The Hall–Kier alpha value is -4.06. The molecule has 6 nitrogen and oxygen atoms in total. The lowest BCUT2D eigenvalue weighted by atomic mass is 10.0. The van der Waals surface area contributed by atoms with Crippen molar-refractivity contribution in [2.24, 2.45) is 5.73 Å². The molecule has 0 bridgehead atoms. The summed E-state index contributed by atoms with van der Waals surface area (Å²) in [5, 5.41) is 3.50. The molecule has 1 atom stereocenters. The Balaban J connectivity index is 1.59. The van der Waals surface area contributed by atoms with Crippen LogP contribution in [0.15, 0.2) is 89.3 Å². The molecule has 0 aliphatic rings. The number of amides is 2. The Morgan fingerprint density at radius 2 is 1.55 bits per heavy atom. The third-order valence-electron chi connectivity index (χ3n) is 4.96. The zero-order chi connectivity index (χ0) is 21.6. The first kappa shape index (κ1) is 20.2. The zero-order valence-corrected chi connectivity index (χ0v) is 16.8. The van der Waals surface area contributed by atoms with Crippen LogP contribution in [0.25, 0.3) is 11.0 Å². The summed E-state index contributed by atoms with van der Waals surface area (Å²) in [6.45, 7) is 0.143. The molecule has 0 saturated carbocycles. The van der Waals surface area contributed by atoms with Crippen molar-refractivity contribution in [1.82, 2.24) is 5.32 Å². The van der Waals surface area contributed by atoms with Crippen LogP contribution in [0.2, 0.25) is 0 Å². The SMILES string of the molecule is NC(=O)C(Cc1ccccc1)NC(=O)c1oc2ccccc2c1COc1ccccc1. The number of nitrogens with two attached hydrogens (primary N) is 1. The third kappa shape index (κ3) is 4.75. The maximum Gasteiger partial charge on any atom is 0.288 e. The summed E-state index contributed by atoms with van der Waals surface area (Å²) < 4.78 is 11.7. The summed E-state index contributed by atoms with van der Waals surface area (Å²) in [5.74, 6) is -0.340. The van der Waals surface area contributed by atoms with Gasteiger partial charge in [0.1, 0.15) is 24.0 Å². The smallest absolute Gasteiger partial charge is 0.288 e. The van der Waals surface area contributed by atoms with Crippen LogP contribution in [0.3, 0.4) is 0 Å². The van der Waals surface area contributed by atoms with Crippen LogP contribution in [0, 0.1) is 0 Å². The second kappa shape index (κ2) is 9.17. The van der Waals surface area contributed by atoms with E-state index in [1.54, 1.807) is 6.07 Å². The quantitative estimate of drug-likeness (QED) is 0.458. The van der Waals surface area contributed by atoms with Gasteiger partial charge in [0.2, 0.25) is 5.91 Å². The largest absolute Gasteiger partial charge is 0.489 e. The lowest BCUT2D eigenvalue weighted by Gasteiger charge is -2.15. The number of hydrogen-bond acceptors (Lipinski definition) is 4. The van der Waals surface area contributed by atoms with Gasteiger partial charge in [0.25, 0.3) is 5.91 Å². The molecule has 156 valence electrons. The molecule has 0 radical (unpaired) electrons. The van der Waals surface area contributed by atoms with E-state index in [1.807, 2.05) is 78.9 Å². The number of carbonyl (C=O) groups excluding carboxylic acids is 2. The van der Waals surface area contributed by atoms with Crippen LogP contribution in [0.1, 0.15) is 21.7 Å². The predicted octanol–water partition coefficient (Wildman–Crippen LogP) is 3.84. The molecule has 0 aliphatic carbocycles. The van der Waals surface area contributed by atoms with Crippen molar-refractivity contribution in [2.45, 2.75) is 19.1 Å². The zero-order valence-electron chi connectivity index (χ0n) is 16.8. The lowest BCUT2D eigenvalue weighted by Crippen LogP contribution is -2.46. The number of para-hydroxylation sites is 2. The highest BCUT2D eigenvalue weighted by Crippen LogP contribution is 2.27. The highest BCUT2D eigenvalue weighted by Gasteiger charge is 2.25. The van der Waals surface area contributed by atoms with Gasteiger partial charge in [-0.2, -0.15) is 0 Å². The summed E-state index contributed by atoms with van der Waals surface area (Å²) in [4.78, 5) is 25.1. The first-order valence-electron chi connectivity index (χ1n) is 9.94. The normalized spacial score (nSPS) is 11.7. The molecule has 0 saturated heterocycles. The van der Waals surface area contributed by atoms with Crippen LogP contribution in [-0.2, 0) is 17.8 Å². The molecule has 4 rings (SSSR count). The highest BCUT2D eigenvalue weighted by atomic mass is 16.5. The van der Waals surface area contributed by atoms with Gasteiger partial charge in [-0.3, -0.25) is 9.59 Å². The molecule has 0 spiro atoms. The number of hydrogen-bond donors (Lipinski definition) is 2. The van der Waals surface area contributed by atoms with Gasteiger partial charge in [-0.25, -0.2) is 0 Å². The number of benzene rings is 3. The first-order chi connectivity index (χ1) is 15.1. The second-order valence-corrected chi connectivity index (χ2v) is 7.13. The predicted molar refractivity (Wildman–Crippen MR) is 118 cm³/mol. The van der Waals surface area contributed by atoms with Gasteiger partial charge in [0.15, 0.2) is 5.76 Å². The number of fused-ring (bicyclic) bond motifs is 1. The molecule has 31 heavy (non-hydrogen) atoms. The van der Waals surface area contributed by atoms with E-state index in [-0.39, 0.29) is 18.8 Å². The number of primary amides is 1. The maximum absolute atomic E-state index is 13.1. The van der Waals surface area contributed by atoms with E-state index in [4.69, 9.17) is 14.9 Å². The van der Waals surface area contributed by atoms with Gasteiger partial charge in [-0.05, 0) is 23.8 Å². The number of ether oxygens (including phenoxy) is 1. The first-order valence-corrected chi connectivity index (χ1v) is 9.94. The van der Waals surface area contributed by atoms with E-state index < -0.39 is 17.9 Å². The van der Waals surface area contributed by atoms with E-state index in [1.165, 1.54) is 0 Å². The van der Waals surface area contributed by atoms with Gasteiger partial charge >= 0.3 is 0 Å². The standard InChI is InChI=1S/C25H22N2O4/c26-24(28)21(15-17-9-3-1-4-10-17)27-25(29)23-20(16-30-18-11-5-2-6-12-18)19-13-7-8-14-22(19)31-23/h1-14,21H,15-16H2,(H2,26,28)(H,27,29). The van der Waals surface area contributed by atoms with Gasteiger partial charge in [0, 0.05) is 17.4 Å². The van der Waals surface area contributed by atoms with Crippen molar-refractivity contribution >= 4 is 22.8 Å². The Kier molecular flexibility index (Phi) is 5.98. The molecule has 2 amide bonds. The van der Waals surface area contributed by atoms with Crippen molar-refractivity contribution in [2.75, 3.05) is 0 Å². The Morgan fingerprint density at radius 1 is 0.903 bits per heavy atom. The molecule has 0 fully saturated rings. The number of furan rings is 1. The number of carbonyl (C=O) groups is 2. The van der Waals surface area contributed by atoms with Gasteiger partial charge in [-0.15, -0.1) is 0 Å². The van der Waals surface area contributed by atoms with Crippen molar-refractivity contribution in [1.29, 1.82) is 0 Å². The van der Waals surface area contributed by atoms with E-state index in [9.17, 15) is 9.59 Å². The average Bonchev–Trinajstić information content (AvgIpc) is 3.17. The minimum Gasteiger partial charge on any atom is -0.489 e.